The van der Waals surface area contributed by atoms with Gasteiger partial charge in [-0.1, -0.05) is 60.7 Å². The summed E-state index contributed by atoms with van der Waals surface area (Å²) in [7, 11) is 0. The van der Waals surface area contributed by atoms with Crippen LogP contribution in [-0.4, -0.2) is 11.0 Å². The molecule has 22 heavy (non-hydrogen) atoms. The van der Waals surface area contributed by atoms with E-state index in [0.29, 0.717) is 0 Å². The molecule has 3 aromatic rings. The smallest absolute Gasteiger partial charge is 0.143 e. The maximum absolute atomic E-state index is 12.0. The van der Waals surface area contributed by atoms with Crippen LogP contribution in [0, 0.1) is 0 Å². The fourth-order valence-corrected chi connectivity index (χ4v) is 3.61. The number of hydrogen-bond acceptors (Lipinski definition) is 2. The molecule has 110 valence electrons. The standard InChI is InChI=1S/C20H18OS/c1-15(21)20(13-16-7-3-2-4-8-16)22-19-12-11-17-9-5-6-10-18(17)14-19/h2-12,14,20H,13H2,1H3. The second-order valence-electron chi connectivity index (χ2n) is 5.42. The van der Waals surface area contributed by atoms with Crippen molar-refractivity contribution < 1.29 is 4.79 Å². The molecular formula is C20H18OS. The zero-order valence-corrected chi connectivity index (χ0v) is 13.3. The lowest BCUT2D eigenvalue weighted by Crippen LogP contribution is -2.16. The van der Waals surface area contributed by atoms with Crippen molar-refractivity contribution in [3.05, 3.63) is 78.4 Å². The van der Waals surface area contributed by atoms with Gasteiger partial charge in [-0.15, -0.1) is 11.8 Å². The molecule has 0 spiro atoms. The molecule has 0 heterocycles. The van der Waals surface area contributed by atoms with E-state index in [0.717, 1.165) is 11.3 Å². The monoisotopic (exact) mass is 306 g/mol. The Balaban J connectivity index is 1.81. The lowest BCUT2D eigenvalue weighted by atomic mass is 10.1. The number of thioether (sulfide) groups is 1. The van der Waals surface area contributed by atoms with E-state index in [1.54, 1.807) is 18.7 Å². The molecule has 0 N–H and O–H groups in total. The summed E-state index contributed by atoms with van der Waals surface area (Å²) < 4.78 is 0. The minimum Gasteiger partial charge on any atom is -0.299 e. The fraction of sp³-hybridized carbons (Fsp3) is 0.150. The van der Waals surface area contributed by atoms with Gasteiger partial charge in [-0.05, 0) is 41.8 Å². The number of benzene rings is 3. The highest BCUT2D eigenvalue weighted by atomic mass is 32.2. The van der Waals surface area contributed by atoms with E-state index in [1.165, 1.54) is 16.3 Å². The normalized spacial score (nSPS) is 12.2. The van der Waals surface area contributed by atoms with Gasteiger partial charge in [-0.25, -0.2) is 0 Å². The summed E-state index contributed by atoms with van der Waals surface area (Å²) in [6, 6.07) is 24.9. The van der Waals surface area contributed by atoms with Gasteiger partial charge in [0.2, 0.25) is 0 Å². The molecule has 2 heteroatoms. The van der Waals surface area contributed by atoms with Gasteiger partial charge in [-0.3, -0.25) is 4.79 Å². The van der Waals surface area contributed by atoms with Crippen LogP contribution < -0.4 is 0 Å². The summed E-state index contributed by atoms with van der Waals surface area (Å²) in [4.78, 5) is 13.1. The summed E-state index contributed by atoms with van der Waals surface area (Å²) in [6.07, 6.45) is 0.771. The summed E-state index contributed by atoms with van der Waals surface area (Å²) in [5.74, 6) is 0.224. The van der Waals surface area contributed by atoms with Crippen molar-refractivity contribution in [3.8, 4) is 0 Å². The molecule has 0 bridgehead atoms. The quantitative estimate of drug-likeness (QED) is 0.608. The van der Waals surface area contributed by atoms with E-state index in [4.69, 9.17) is 0 Å². The molecule has 1 unspecified atom stereocenters. The molecule has 0 amide bonds. The number of carbonyl (C=O) groups is 1. The molecule has 0 aliphatic rings. The Morgan fingerprint density at radius 2 is 1.59 bits per heavy atom. The van der Waals surface area contributed by atoms with Crippen molar-refractivity contribution in [2.45, 2.75) is 23.5 Å². The van der Waals surface area contributed by atoms with Crippen LogP contribution in [0.2, 0.25) is 0 Å². The van der Waals surface area contributed by atoms with Crippen LogP contribution in [0.15, 0.2) is 77.7 Å². The molecule has 0 aliphatic heterocycles. The Morgan fingerprint density at radius 1 is 0.909 bits per heavy atom. The van der Waals surface area contributed by atoms with Crippen molar-refractivity contribution >= 4 is 28.3 Å². The Labute approximate surface area is 135 Å². The topological polar surface area (TPSA) is 17.1 Å². The van der Waals surface area contributed by atoms with Gasteiger partial charge >= 0.3 is 0 Å². The van der Waals surface area contributed by atoms with Crippen molar-refractivity contribution in [2.75, 3.05) is 0 Å². The average molecular weight is 306 g/mol. The number of rotatable bonds is 5. The molecule has 0 radical (unpaired) electrons. The molecule has 3 rings (SSSR count). The number of fused-ring (bicyclic) bond motifs is 1. The van der Waals surface area contributed by atoms with Crippen molar-refractivity contribution in [2.24, 2.45) is 0 Å². The number of hydrogen-bond donors (Lipinski definition) is 0. The third kappa shape index (κ3) is 3.58. The molecule has 0 fully saturated rings. The highest BCUT2D eigenvalue weighted by molar-refractivity contribution is 8.00. The van der Waals surface area contributed by atoms with Crippen LogP contribution in [0.1, 0.15) is 12.5 Å². The molecular weight excluding hydrogens is 288 g/mol. The zero-order chi connectivity index (χ0) is 15.4. The van der Waals surface area contributed by atoms with Crippen LogP contribution in [0.5, 0.6) is 0 Å². The summed E-state index contributed by atoms with van der Waals surface area (Å²) >= 11 is 1.66. The first-order chi connectivity index (χ1) is 10.7. The third-order valence-corrected chi connectivity index (χ3v) is 5.03. The van der Waals surface area contributed by atoms with Gasteiger partial charge in [0.05, 0.1) is 5.25 Å². The van der Waals surface area contributed by atoms with Gasteiger partial charge in [0.25, 0.3) is 0 Å². The molecule has 1 atom stereocenters. The first kappa shape index (κ1) is 14.9. The second kappa shape index (κ2) is 6.80. The maximum atomic E-state index is 12.0. The minimum absolute atomic E-state index is 0.0384. The highest BCUT2D eigenvalue weighted by Gasteiger charge is 2.16. The van der Waals surface area contributed by atoms with E-state index in [1.807, 2.05) is 30.3 Å². The number of Topliss-reactive ketones (excluding diaryl/α,β-unsaturated/α-hetero) is 1. The summed E-state index contributed by atoms with van der Waals surface area (Å²) in [5, 5.41) is 2.41. The van der Waals surface area contributed by atoms with Crippen molar-refractivity contribution in [1.29, 1.82) is 0 Å². The van der Waals surface area contributed by atoms with Gasteiger partial charge in [-0.2, -0.15) is 0 Å². The van der Waals surface area contributed by atoms with Crippen LogP contribution in [0.3, 0.4) is 0 Å². The summed E-state index contributed by atoms with van der Waals surface area (Å²) in [5.41, 5.74) is 1.20. The van der Waals surface area contributed by atoms with Gasteiger partial charge in [0, 0.05) is 4.90 Å². The summed E-state index contributed by atoms with van der Waals surface area (Å²) in [6.45, 7) is 1.68. The molecule has 3 aromatic carbocycles. The average Bonchev–Trinajstić information content (AvgIpc) is 2.55. The molecule has 0 aromatic heterocycles. The van der Waals surface area contributed by atoms with Crippen molar-refractivity contribution in [3.63, 3.8) is 0 Å². The van der Waals surface area contributed by atoms with E-state index in [9.17, 15) is 4.79 Å². The predicted molar refractivity (Wildman–Crippen MR) is 94.4 cm³/mol. The molecule has 0 saturated heterocycles. The maximum Gasteiger partial charge on any atom is 0.143 e. The third-order valence-electron chi connectivity index (χ3n) is 3.72. The Bertz CT molecular complexity index is 780. The van der Waals surface area contributed by atoms with Crippen molar-refractivity contribution in [1.82, 2.24) is 0 Å². The lowest BCUT2D eigenvalue weighted by Gasteiger charge is -2.14. The first-order valence-electron chi connectivity index (χ1n) is 7.42. The largest absolute Gasteiger partial charge is 0.299 e. The van der Waals surface area contributed by atoms with E-state index >= 15 is 0 Å². The zero-order valence-electron chi connectivity index (χ0n) is 12.5. The second-order valence-corrected chi connectivity index (χ2v) is 6.69. The van der Waals surface area contributed by atoms with E-state index in [2.05, 4.69) is 42.5 Å². The fourth-order valence-electron chi connectivity index (χ4n) is 2.50. The van der Waals surface area contributed by atoms with Gasteiger partial charge in [0.1, 0.15) is 5.78 Å². The first-order valence-corrected chi connectivity index (χ1v) is 8.30. The Kier molecular flexibility index (Phi) is 4.59. The van der Waals surface area contributed by atoms with Crippen LogP contribution in [0.25, 0.3) is 10.8 Å². The van der Waals surface area contributed by atoms with E-state index < -0.39 is 0 Å². The Morgan fingerprint density at radius 3 is 2.32 bits per heavy atom. The Hall–Kier alpha value is -2.06. The van der Waals surface area contributed by atoms with Gasteiger partial charge < -0.3 is 0 Å². The molecule has 0 saturated carbocycles. The minimum atomic E-state index is -0.0384. The van der Waals surface area contributed by atoms with Crippen LogP contribution >= 0.6 is 11.8 Å². The van der Waals surface area contributed by atoms with E-state index in [-0.39, 0.29) is 11.0 Å². The van der Waals surface area contributed by atoms with Gasteiger partial charge in [0.15, 0.2) is 0 Å². The number of carbonyl (C=O) groups excluding carboxylic acids is 1. The highest BCUT2D eigenvalue weighted by Crippen LogP contribution is 2.29. The van der Waals surface area contributed by atoms with Crippen LogP contribution in [-0.2, 0) is 11.2 Å². The van der Waals surface area contributed by atoms with Crippen LogP contribution in [0.4, 0.5) is 0 Å². The molecule has 1 nitrogen and oxygen atoms in total. The SMILES string of the molecule is CC(=O)C(Cc1ccccc1)Sc1ccc2ccccc2c1. The predicted octanol–water partition coefficient (Wildman–Crippen LogP) is 5.13. The molecule has 0 aliphatic carbocycles. The number of ketones is 1. The lowest BCUT2D eigenvalue weighted by molar-refractivity contribution is -0.116.